The maximum atomic E-state index is 13.1. The maximum absolute atomic E-state index is 13.1. The van der Waals surface area contributed by atoms with Crippen molar-refractivity contribution in [3.63, 3.8) is 0 Å². The van der Waals surface area contributed by atoms with Crippen LogP contribution in [-0.4, -0.2) is 17.1 Å². The van der Waals surface area contributed by atoms with Crippen LogP contribution in [-0.2, 0) is 6.54 Å². The van der Waals surface area contributed by atoms with Crippen molar-refractivity contribution in [1.29, 1.82) is 0 Å². The molecule has 1 aromatic carbocycles. The third-order valence-corrected chi connectivity index (χ3v) is 1.94. The van der Waals surface area contributed by atoms with Crippen molar-refractivity contribution in [2.24, 2.45) is 0 Å². The first-order valence-electron chi connectivity index (χ1n) is 3.91. The highest BCUT2D eigenvalue weighted by molar-refractivity contribution is 5.55. The van der Waals surface area contributed by atoms with Gasteiger partial charge in [-0.25, -0.2) is 9.87 Å². The first-order valence-corrected chi connectivity index (χ1v) is 3.91. The Kier molecular flexibility index (Phi) is 2.14. The van der Waals surface area contributed by atoms with Crippen molar-refractivity contribution in [2.75, 3.05) is 6.79 Å². The molecule has 1 aliphatic heterocycles. The highest BCUT2D eigenvalue weighted by atomic mass is 19.1. The molecule has 0 unspecified atom stereocenters. The molecule has 14 heavy (non-hydrogen) atoms. The number of phenols is 1. The van der Waals surface area contributed by atoms with Gasteiger partial charge in [0.15, 0.2) is 23.1 Å². The SMILES string of the molecule is ONCc1c(O)c(F)cc2c1OCO2. The predicted octanol–water partition coefficient (Wildman–Crippen LogP) is 0.739. The van der Waals surface area contributed by atoms with Crippen LogP contribution in [0, 0.1) is 5.82 Å². The smallest absolute Gasteiger partial charge is 0.231 e. The summed E-state index contributed by atoms with van der Waals surface area (Å²) in [5.74, 6) is -0.869. The van der Waals surface area contributed by atoms with E-state index in [4.69, 9.17) is 14.7 Å². The summed E-state index contributed by atoms with van der Waals surface area (Å²) in [5, 5.41) is 17.8. The number of nitrogens with one attached hydrogen (secondary N) is 1. The highest BCUT2D eigenvalue weighted by Gasteiger charge is 2.23. The van der Waals surface area contributed by atoms with E-state index in [9.17, 15) is 9.50 Å². The number of hydrogen-bond donors (Lipinski definition) is 3. The van der Waals surface area contributed by atoms with Crippen molar-refractivity contribution in [1.82, 2.24) is 5.48 Å². The molecule has 1 aliphatic rings. The summed E-state index contributed by atoms with van der Waals surface area (Å²) in [5.41, 5.74) is 1.96. The second-order valence-electron chi connectivity index (χ2n) is 2.75. The van der Waals surface area contributed by atoms with E-state index >= 15 is 0 Å². The summed E-state index contributed by atoms with van der Waals surface area (Å²) in [6, 6.07) is 1.04. The van der Waals surface area contributed by atoms with E-state index in [1.165, 1.54) is 0 Å². The average Bonchev–Trinajstić information content (AvgIpc) is 2.60. The minimum absolute atomic E-state index is 0.0172. The van der Waals surface area contributed by atoms with Crippen LogP contribution < -0.4 is 15.0 Å². The number of hydrogen-bond acceptors (Lipinski definition) is 5. The molecule has 0 aromatic heterocycles. The third kappa shape index (κ3) is 1.24. The first kappa shape index (κ1) is 9.04. The molecule has 0 atom stereocenters. The fraction of sp³-hybridized carbons (Fsp3) is 0.250. The Hall–Kier alpha value is -1.53. The van der Waals surface area contributed by atoms with Crippen LogP contribution in [0.2, 0.25) is 0 Å². The minimum Gasteiger partial charge on any atom is -0.504 e. The largest absolute Gasteiger partial charge is 0.504 e. The molecular formula is C8H8FNO4. The summed E-state index contributed by atoms with van der Waals surface area (Å²) in [6.45, 7) is -0.133. The maximum Gasteiger partial charge on any atom is 0.231 e. The zero-order chi connectivity index (χ0) is 10.1. The zero-order valence-electron chi connectivity index (χ0n) is 7.08. The van der Waals surface area contributed by atoms with Gasteiger partial charge in [-0.3, -0.25) is 0 Å². The molecule has 0 aliphatic carbocycles. The Balaban J connectivity index is 2.54. The van der Waals surface area contributed by atoms with Crippen LogP contribution in [0.3, 0.4) is 0 Å². The Morgan fingerprint density at radius 3 is 3.00 bits per heavy atom. The van der Waals surface area contributed by atoms with E-state index in [1.807, 2.05) is 5.48 Å². The third-order valence-electron chi connectivity index (χ3n) is 1.94. The molecular weight excluding hydrogens is 193 g/mol. The van der Waals surface area contributed by atoms with Crippen LogP contribution >= 0.6 is 0 Å². The van der Waals surface area contributed by atoms with Gasteiger partial charge in [-0.1, -0.05) is 0 Å². The van der Waals surface area contributed by atoms with Gasteiger partial charge in [0.25, 0.3) is 0 Å². The van der Waals surface area contributed by atoms with Crippen LogP contribution in [0.25, 0.3) is 0 Å². The van der Waals surface area contributed by atoms with Crippen molar-refractivity contribution in [2.45, 2.75) is 6.54 Å². The monoisotopic (exact) mass is 201 g/mol. The summed E-state index contributed by atoms with van der Waals surface area (Å²) in [6.07, 6.45) is 0. The first-order chi connectivity index (χ1) is 6.74. The Morgan fingerprint density at radius 2 is 2.29 bits per heavy atom. The average molecular weight is 201 g/mol. The van der Waals surface area contributed by atoms with Crippen LogP contribution in [0.5, 0.6) is 17.2 Å². The normalized spacial score (nSPS) is 13.3. The number of benzene rings is 1. The Morgan fingerprint density at radius 1 is 1.50 bits per heavy atom. The molecule has 1 aromatic rings. The van der Waals surface area contributed by atoms with E-state index < -0.39 is 11.6 Å². The number of halogens is 1. The topological polar surface area (TPSA) is 71.0 Å². The van der Waals surface area contributed by atoms with Gasteiger partial charge < -0.3 is 19.8 Å². The lowest BCUT2D eigenvalue weighted by Crippen LogP contribution is -2.07. The number of aromatic hydroxyl groups is 1. The molecule has 0 radical (unpaired) electrons. The van der Waals surface area contributed by atoms with Gasteiger partial charge in [0.05, 0.1) is 12.1 Å². The molecule has 0 fully saturated rings. The molecule has 5 nitrogen and oxygen atoms in total. The molecule has 6 heteroatoms. The number of hydroxylamine groups is 1. The summed E-state index contributed by atoms with van der Waals surface area (Å²) < 4.78 is 23.0. The quantitative estimate of drug-likeness (QED) is 0.615. The molecule has 0 bridgehead atoms. The lowest BCUT2D eigenvalue weighted by atomic mass is 10.1. The van der Waals surface area contributed by atoms with Gasteiger partial charge in [-0.2, -0.15) is 0 Å². The van der Waals surface area contributed by atoms with E-state index in [2.05, 4.69) is 0 Å². The van der Waals surface area contributed by atoms with Gasteiger partial charge in [-0.15, -0.1) is 0 Å². The van der Waals surface area contributed by atoms with Crippen LogP contribution in [0.1, 0.15) is 5.56 Å². The molecule has 0 amide bonds. The Bertz CT molecular complexity index is 369. The van der Waals surface area contributed by atoms with Crippen LogP contribution in [0.15, 0.2) is 6.07 Å². The van der Waals surface area contributed by atoms with E-state index in [1.54, 1.807) is 0 Å². The Labute approximate surface area is 78.6 Å². The van der Waals surface area contributed by atoms with Crippen molar-refractivity contribution in [3.05, 3.63) is 17.4 Å². The number of phenolic OH excluding ortho intramolecular Hbond substituents is 1. The second-order valence-corrected chi connectivity index (χ2v) is 2.75. The van der Waals surface area contributed by atoms with E-state index in [0.717, 1.165) is 6.07 Å². The van der Waals surface area contributed by atoms with Gasteiger partial charge in [0, 0.05) is 6.07 Å². The predicted molar refractivity (Wildman–Crippen MR) is 42.8 cm³/mol. The molecule has 0 saturated carbocycles. The van der Waals surface area contributed by atoms with Crippen molar-refractivity contribution >= 4 is 0 Å². The molecule has 3 N–H and O–H groups in total. The van der Waals surface area contributed by atoms with Crippen LogP contribution in [0.4, 0.5) is 4.39 Å². The molecule has 1 heterocycles. The second kappa shape index (κ2) is 3.32. The number of rotatable bonds is 2. The zero-order valence-corrected chi connectivity index (χ0v) is 7.08. The molecule has 0 spiro atoms. The minimum atomic E-state index is -0.806. The van der Waals surface area contributed by atoms with Crippen molar-refractivity contribution < 1.29 is 24.2 Å². The number of fused-ring (bicyclic) bond motifs is 1. The number of ether oxygens (including phenoxy) is 2. The van der Waals surface area contributed by atoms with Gasteiger partial charge in [0.2, 0.25) is 6.79 Å². The van der Waals surface area contributed by atoms with E-state index in [-0.39, 0.29) is 30.4 Å². The summed E-state index contributed by atoms with van der Waals surface area (Å²) >= 11 is 0. The van der Waals surface area contributed by atoms with Gasteiger partial charge >= 0.3 is 0 Å². The van der Waals surface area contributed by atoms with E-state index in [0.29, 0.717) is 0 Å². The lowest BCUT2D eigenvalue weighted by Gasteiger charge is -2.07. The molecule has 0 saturated heterocycles. The standard InChI is InChI=1S/C8H8FNO4/c9-5-1-6-8(14-3-13-6)4(2-10-12)7(5)11/h1,10-12H,2-3H2. The van der Waals surface area contributed by atoms with Gasteiger partial charge in [0.1, 0.15) is 0 Å². The van der Waals surface area contributed by atoms with Crippen molar-refractivity contribution in [3.8, 4) is 17.2 Å². The fourth-order valence-electron chi connectivity index (χ4n) is 1.31. The highest BCUT2D eigenvalue weighted by Crippen LogP contribution is 2.41. The summed E-state index contributed by atoms with van der Waals surface area (Å²) in [4.78, 5) is 0. The summed E-state index contributed by atoms with van der Waals surface area (Å²) in [7, 11) is 0. The lowest BCUT2D eigenvalue weighted by molar-refractivity contribution is 0.154. The molecule has 76 valence electrons. The van der Waals surface area contributed by atoms with Gasteiger partial charge in [-0.05, 0) is 0 Å². The molecule has 2 rings (SSSR count). The fourth-order valence-corrected chi connectivity index (χ4v) is 1.31.